The highest BCUT2D eigenvalue weighted by Gasteiger charge is 2.53. The molecule has 6 nitrogen and oxygen atoms in total. The normalized spacial score (nSPS) is 22.9. The quantitative estimate of drug-likeness (QED) is 0.517. The largest absolute Gasteiger partial charge is 0.335 e. The molecule has 2 heterocycles. The molecule has 4 rings (SSSR count). The van der Waals surface area contributed by atoms with E-state index in [-0.39, 0.29) is 36.5 Å². The van der Waals surface area contributed by atoms with E-state index in [9.17, 15) is 26.4 Å². The van der Waals surface area contributed by atoms with E-state index in [1.165, 1.54) is 25.2 Å². The van der Waals surface area contributed by atoms with Gasteiger partial charge in [0, 0.05) is 37.8 Å². The third kappa shape index (κ3) is 5.28. The summed E-state index contributed by atoms with van der Waals surface area (Å²) in [5, 5.41) is 0. The Kier molecular flexibility index (Phi) is 7.74. The lowest BCUT2D eigenvalue weighted by Crippen LogP contribution is -2.59. The average Bonchev–Trinajstić information content (AvgIpc) is 3.10. The highest BCUT2D eigenvalue weighted by atomic mass is 32.2. The van der Waals surface area contributed by atoms with Crippen LogP contribution in [0.5, 0.6) is 0 Å². The van der Waals surface area contributed by atoms with Crippen molar-refractivity contribution >= 4 is 15.9 Å². The number of sulfonamides is 1. The number of carbonyl (C=O) groups excluding carboxylic acids is 1. The summed E-state index contributed by atoms with van der Waals surface area (Å²) in [5.74, 6) is -3.69. The van der Waals surface area contributed by atoms with Gasteiger partial charge in [0.25, 0.3) is 0 Å². The van der Waals surface area contributed by atoms with Gasteiger partial charge in [0.05, 0.1) is 0 Å². The van der Waals surface area contributed by atoms with Gasteiger partial charge in [0.15, 0.2) is 16.4 Å². The number of amides is 1. The fourth-order valence-corrected chi connectivity index (χ4v) is 7.20. The number of benzene rings is 2. The second-order valence-electron chi connectivity index (χ2n) is 10.8. The molecule has 4 atom stereocenters. The molecule has 0 aliphatic carbocycles. The topological polar surface area (TPSA) is 83.7 Å². The van der Waals surface area contributed by atoms with Gasteiger partial charge in [-0.05, 0) is 69.1 Å². The summed E-state index contributed by atoms with van der Waals surface area (Å²) >= 11 is 0. The standard InChI is InChI=1S/C27H34F3N3O3S/c1-27(2,37(35,36)32(3)16-17-7-5-4-6-8-17)26(34)33-20-9-10-21(33)12-19(11-20)25(31)14-18-13-23(29)24(30)15-22(18)28/h4-8,13,15,19-21,25H,9-12,14,16,31H2,1-3H3/t19-,20-,21+,25-/m1/s1. The van der Waals surface area contributed by atoms with Crippen molar-refractivity contribution in [1.82, 2.24) is 9.21 Å². The van der Waals surface area contributed by atoms with E-state index in [1.54, 1.807) is 4.90 Å². The SMILES string of the molecule is CN(Cc1ccccc1)S(=O)(=O)C(C)(C)C(=O)N1[C@@H]2CC[C@H]1C[C@H]([C@H](N)Cc1cc(F)c(F)cc1F)C2. The molecule has 0 radical (unpaired) electrons. The molecule has 10 heteroatoms. The van der Waals surface area contributed by atoms with Gasteiger partial charge in [-0.2, -0.15) is 4.31 Å². The van der Waals surface area contributed by atoms with Gasteiger partial charge in [-0.3, -0.25) is 4.79 Å². The molecule has 2 bridgehead atoms. The van der Waals surface area contributed by atoms with Crippen molar-refractivity contribution in [3.8, 4) is 0 Å². The van der Waals surface area contributed by atoms with Crippen LogP contribution in [0.1, 0.15) is 50.7 Å². The van der Waals surface area contributed by atoms with E-state index in [2.05, 4.69) is 0 Å². The van der Waals surface area contributed by atoms with Crippen LogP contribution in [0.15, 0.2) is 42.5 Å². The van der Waals surface area contributed by atoms with Gasteiger partial charge < -0.3 is 10.6 Å². The Balaban J connectivity index is 1.46. The predicted octanol–water partition coefficient (Wildman–Crippen LogP) is 3.98. The Morgan fingerprint density at radius 1 is 1.05 bits per heavy atom. The second kappa shape index (κ2) is 10.4. The predicted molar refractivity (Wildman–Crippen MR) is 135 cm³/mol. The number of halogens is 3. The molecule has 2 aliphatic rings. The van der Waals surface area contributed by atoms with Crippen LogP contribution in [0.3, 0.4) is 0 Å². The first-order valence-corrected chi connectivity index (χ1v) is 14.0. The highest BCUT2D eigenvalue weighted by molar-refractivity contribution is 7.91. The number of carbonyl (C=O) groups is 1. The van der Waals surface area contributed by atoms with Crippen molar-refractivity contribution in [2.24, 2.45) is 11.7 Å². The first kappa shape index (κ1) is 27.6. The zero-order chi connectivity index (χ0) is 27.1. The van der Waals surface area contributed by atoms with E-state index in [1.807, 2.05) is 30.3 Å². The zero-order valence-corrected chi connectivity index (χ0v) is 22.1. The molecule has 2 aliphatic heterocycles. The van der Waals surface area contributed by atoms with Crippen molar-refractivity contribution in [2.45, 2.75) is 75.4 Å². The summed E-state index contributed by atoms with van der Waals surface area (Å²) < 4.78 is 67.6. The van der Waals surface area contributed by atoms with E-state index in [0.29, 0.717) is 18.9 Å². The van der Waals surface area contributed by atoms with Crippen LogP contribution in [0.25, 0.3) is 0 Å². The number of hydrogen-bond acceptors (Lipinski definition) is 4. The molecular weight excluding hydrogens is 503 g/mol. The van der Waals surface area contributed by atoms with E-state index in [0.717, 1.165) is 24.5 Å². The number of nitrogens with two attached hydrogens (primary N) is 1. The van der Waals surface area contributed by atoms with Crippen molar-refractivity contribution in [3.05, 3.63) is 71.0 Å². The Bertz CT molecular complexity index is 1240. The number of rotatable bonds is 8. The second-order valence-corrected chi connectivity index (χ2v) is 13.4. The van der Waals surface area contributed by atoms with Crippen LogP contribution < -0.4 is 5.73 Å². The number of hydrogen-bond donors (Lipinski definition) is 1. The van der Waals surface area contributed by atoms with Gasteiger partial charge in [-0.1, -0.05) is 30.3 Å². The zero-order valence-electron chi connectivity index (χ0n) is 21.3. The van der Waals surface area contributed by atoms with Crippen LogP contribution >= 0.6 is 0 Å². The Morgan fingerprint density at radius 2 is 1.62 bits per heavy atom. The molecule has 2 fully saturated rings. The van der Waals surface area contributed by atoms with E-state index < -0.39 is 44.2 Å². The first-order chi connectivity index (χ1) is 17.3. The molecule has 1 amide bonds. The lowest BCUT2D eigenvalue weighted by atomic mass is 9.82. The molecule has 2 N–H and O–H groups in total. The third-order valence-corrected chi connectivity index (χ3v) is 10.4. The van der Waals surface area contributed by atoms with Gasteiger partial charge in [-0.15, -0.1) is 0 Å². The number of fused-ring (bicyclic) bond motifs is 2. The average molecular weight is 538 g/mol. The van der Waals surface area contributed by atoms with E-state index in [4.69, 9.17) is 5.73 Å². The summed E-state index contributed by atoms with van der Waals surface area (Å²) in [6, 6.07) is 9.70. The monoisotopic (exact) mass is 537 g/mol. The maximum absolute atomic E-state index is 14.2. The lowest BCUT2D eigenvalue weighted by molar-refractivity contribution is -0.138. The van der Waals surface area contributed by atoms with Crippen LogP contribution in [-0.4, -0.2) is 53.5 Å². The molecule has 202 valence electrons. The Labute approximate surface area is 216 Å². The van der Waals surface area contributed by atoms with Crippen molar-refractivity contribution in [2.75, 3.05) is 7.05 Å². The molecule has 0 unspecified atom stereocenters. The maximum atomic E-state index is 14.2. The van der Waals surface area contributed by atoms with Crippen molar-refractivity contribution < 1.29 is 26.4 Å². The fraction of sp³-hybridized carbons (Fsp3) is 0.519. The van der Waals surface area contributed by atoms with Crippen LogP contribution in [0.2, 0.25) is 0 Å². The Morgan fingerprint density at radius 3 is 2.22 bits per heavy atom. The molecule has 37 heavy (non-hydrogen) atoms. The van der Waals surface area contributed by atoms with Gasteiger partial charge in [0.2, 0.25) is 15.9 Å². The summed E-state index contributed by atoms with van der Waals surface area (Å²) in [6.07, 6.45) is 2.60. The number of nitrogens with zero attached hydrogens (tertiary/aromatic N) is 2. The molecule has 0 spiro atoms. The minimum Gasteiger partial charge on any atom is -0.335 e. The minimum absolute atomic E-state index is 0.0194. The first-order valence-electron chi connectivity index (χ1n) is 12.5. The van der Waals surface area contributed by atoms with Crippen LogP contribution in [0.4, 0.5) is 13.2 Å². The number of piperidine rings is 1. The third-order valence-electron chi connectivity index (χ3n) is 7.97. The minimum atomic E-state index is -3.98. The summed E-state index contributed by atoms with van der Waals surface area (Å²) in [5.41, 5.74) is 7.23. The molecule has 0 saturated carbocycles. The van der Waals surface area contributed by atoms with Gasteiger partial charge >= 0.3 is 0 Å². The molecule has 2 aromatic carbocycles. The van der Waals surface area contributed by atoms with E-state index >= 15 is 0 Å². The van der Waals surface area contributed by atoms with Crippen LogP contribution in [-0.2, 0) is 27.8 Å². The summed E-state index contributed by atoms with van der Waals surface area (Å²) in [6.45, 7) is 3.06. The van der Waals surface area contributed by atoms with Gasteiger partial charge in [-0.25, -0.2) is 21.6 Å². The molecule has 2 saturated heterocycles. The smallest absolute Gasteiger partial charge is 0.245 e. The highest BCUT2D eigenvalue weighted by Crippen LogP contribution is 2.42. The van der Waals surface area contributed by atoms with Crippen molar-refractivity contribution in [1.29, 1.82) is 0 Å². The Hall–Kier alpha value is -2.43. The summed E-state index contributed by atoms with van der Waals surface area (Å²) in [4.78, 5) is 15.4. The van der Waals surface area contributed by atoms with Gasteiger partial charge in [0.1, 0.15) is 5.82 Å². The molecule has 0 aromatic heterocycles. The molecule has 2 aromatic rings. The fourth-order valence-electron chi connectivity index (χ4n) is 5.78. The maximum Gasteiger partial charge on any atom is 0.245 e. The van der Waals surface area contributed by atoms with Crippen LogP contribution in [0, 0.1) is 23.4 Å². The lowest BCUT2D eigenvalue weighted by Gasteiger charge is -2.44. The molecular formula is C27H34F3N3O3S. The summed E-state index contributed by atoms with van der Waals surface area (Å²) in [7, 11) is -2.50. The van der Waals surface area contributed by atoms with Crippen molar-refractivity contribution in [3.63, 3.8) is 0 Å².